The van der Waals surface area contributed by atoms with E-state index in [-0.39, 0.29) is 17.1 Å². The lowest BCUT2D eigenvalue weighted by molar-refractivity contribution is 0.0952. The maximum absolute atomic E-state index is 11.8. The third-order valence-electron chi connectivity index (χ3n) is 2.51. The number of nitrogens with one attached hydrogen (secondary N) is 1. The molecular formula is C14H11BrN2O3. The van der Waals surface area contributed by atoms with Gasteiger partial charge in [-0.25, -0.2) is 5.43 Å². The number of halogens is 1. The maximum atomic E-state index is 11.8. The molecule has 0 unspecified atom stereocenters. The second-order valence-electron chi connectivity index (χ2n) is 3.92. The summed E-state index contributed by atoms with van der Waals surface area (Å²) in [4.78, 5) is 11.8. The highest BCUT2D eigenvalue weighted by atomic mass is 79.9. The molecule has 0 saturated carbocycles. The van der Waals surface area contributed by atoms with E-state index in [1.807, 2.05) is 0 Å². The van der Waals surface area contributed by atoms with Crippen molar-refractivity contribution < 1.29 is 15.0 Å². The van der Waals surface area contributed by atoms with Crippen molar-refractivity contribution in [1.29, 1.82) is 0 Å². The van der Waals surface area contributed by atoms with Crippen LogP contribution in [-0.4, -0.2) is 22.3 Å². The molecule has 3 N–H and O–H groups in total. The lowest BCUT2D eigenvalue weighted by atomic mass is 10.2. The van der Waals surface area contributed by atoms with Gasteiger partial charge in [0.1, 0.15) is 11.5 Å². The fourth-order valence-corrected chi connectivity index (χ4v) is 1.87. The molecule has 0 fully saturated rings. The molecular weight excluding hydrogens is 324 g/mol. The number of carbonyl (C=O) groups excluding carboxylic acids is 1. The van der Waals surface area contributed by atoms with E-state index in [2.05, 4.69) is 26.5 Å². The molecule has 0 spiro atoms. The van der Waals surface area contributed by atoms with Crippen molar-refractivity contribution in [3.8, 4) is 11.5 Å². The van der Waals surface area contributed by atoms with Crippen molar-refractivity contribution in [3.63, 3.8) is 0 Å². The highest BCUT2D eigenvalue weighted by Gasteiger charge is 2.10. The van der Waals surface area contributed by atoms with Crippen LogP contribution in [0.2, 0.25) is 0 Å². The molecule has 0 aromatic heterocycles. The summed E-state index contributed by atoms with van der Waals surface area (Å²) in [5, 5.41) is 22.9. The Morgan fingerprint density at radius 1 is 1.15 bits per heavy atom. The molecule has 0 bridgehead atoms. The van der Waals surface area contributed by atoms with E-state index in [1.165, 1.54) is 24.4 Å². The molecule has 0 heterocycles. The predicted molar refractivity (Wildman–Crippen MR) is 79.0 cm³/mol. The van der Waals surface area contributed by atoms with E-state index in [0.29, 0.717) is 10.0 Å². The van der Waals surface area contributed by atoms with Gasteiger partial charge in [-0.1, -0.05) is 28.1 Å². The Morgan fingerprint density at radius 3 is 2.65 bits per heavy atom. The molecule has 2 aromatic carbocycles. The van der Waals surface area contributed by atoms with Crippen molar-refractivity contribution in [1.82, 2.24) is 5.43 Å². The third-order valence-corrected chi connectivity index (χ3v) is 3.00. The van der Waals surface area contributed by atoms with Gasteiger partial charge in [0.25, 0.3) is 5.91 Å². The van der Waals surface area contributed by atoms with Gasteiger partial charge in [0.2, 0.25) is 0 Å². The topological polar surface area (TPSA) is 81.9 Å². The zero-order chi connectivity index (χ0) is 14.5. The van der Waals surface area contributed by atoms with E-state index in [1.54, 1.807) is 24.3 Å². The lowest BCUT2D eigenvalue weighted by Gasteiger charge is -2.03. The van der Waals surface area contributed by atoms with Crippen LogP contribution in [0, 0.1) is 0 Å². The number of phenols is 2. The number of amides is 1. The lowest BCUT2D eigenvalue weighted by Crippen LogP contribution is -2.17. The number of nitrogens with zero attached hydrogens (tertiary/aromatic N) is 1. The summed E-state index contributed by atoms with van der Waals surface area (Å²) in [5.74, 6) is -0.616. The first kappa shape index (κ1) is 14.1. The van der Waals surface area contributed by atoms with Crippen LogP contribution in [0.1, 0.15) is 15.9 Å². The molecule has 20 heavy (non-hydrogen) atoms. The first-order valence-electron chi connectivity index (χ1n) is 5.68. The van der Waals surface area contributed by atoms with Gasteiger partial charge in [0.15, 0.2) is 0 Å². The largest absolute Gasteiger partial charge is 0.507 e. The summed E-state index contributed by atoms with van der Waals surface area (Å²) in [6.07, 6.45) is 1.32. The smallest absolute Gasteiger partial charge is 0.275 e. The SMILES string of the molecule is O=C(N/N=C\c1ccccc1O)c1cc(Br)ccc1O. The summed E-state index contributed by atoms with van der Waals surface area (Å²) >= 11 is 3.22. The van der Waals surface area contributed by atoms with Crippen LogP contribution in [0.15, 0.2) is 52.0 Å². The predicted octanol–water partition coefficient (Wildman–Crippen LogP) is 2.62. The first-order valence-corrected chi connectivity index (χ1v) is 6.47. The number of aromatic hydroxyl groups is 2. The van der Waals surface area contributed by atoms with Gasteiger partial charge in [-0.3, -0.25) is 4.79 Å². The van der Waals surface area contributed by atoms with E-state index < -0.39 is 5.91 Å². The average Bonchev–Trinajstić information content (AvgIpc) is 2.43. The van der Waals surface area contributed by atoms with Crippen molar-refractivity contribution >= 4 is 28.1 Å². The van der Waals surface area contributed by atoms with Crippen LogP contribution in [0.25, 0.3) is 0 Å². The molecule has 0 atom stereocenters. The molecule has 2 aromatic rings. The minimum absolute atomic E-state index is 0.0656. The molecule has 0 saturated heterocycles. The summed E-state index contributed by atoms with van der Waals surface area (Å²) < 4.78 is 0.671. The molecule has 0 aliphatic heterocycles. The first-order chi connectivity index (χ1) is 9.58. The number of para-hydroxylation sites is 1. The second-order valence-corrected chi connectivity index (χ2v) is 4.84. The number of hydrogen-bond donors (Lipinski definition) is 3. The number of hydrazone groups is 1. The quantitative estimate of drug-likeness (QED) is 0.596. The van der Waals surface area contributed by atoms with Crippen molar-refractivity contribution in [2.24, 2.45) is 5.10 Å². The van der Waals surface area contributed by atoms with Crippen LogP contribution in [0.4, 0.5) is 0 Å². The molecule has 102 valence electrons. The van der Waals surface area contributed by atoms with Crippen LogP contribution in [0.3, 0.4) is 0 Å². The highest BCUT2D eigenvalue weighted by Crippen LogP contribution is 2.21. The number of phenolic OH excluding ortho intramolecular Hbond substituents is 2. The summed E-state index contributed by atoms with van der Waals surface area (Å²) in [7, 11) is 0. The van der Waals surface area contributed by atoms with Crippen LogP contribution >= 0.6 is 15.9 Å². The minimum atomic E-state index is -0.546. The van der Waals surface area contributed by atoms with E-state index in [4.69, 9.17) is 0 Å². The number of carbonyl (C=O) groups is 1. The van der Waals surface area contributed by atoms with Crippen molar-refractivity contribution in [2.75, 3.05) is 0 Å². The van der Waals surface area contributed by atoms with Crippen LogP contribution in [0.5, 0.6) is 11.5 Å². The number of hydrogen-bond acceptors (Lipinski definition) is 4. The van der Waals surface area contributed by atoms with Crippen molar-refractivity contribution in [3.05, 3.63) is 58.1 Å². The molecule has 6 heteroatoms. The zero-order valence-corrected chi connectivity index (χ0v) is 11.8. The van der Waals surface area contributed by atoms with Gasteiger partial charge in [-0.2, -0.15) is 5.10 Å². The van der Waals surface area contributed by atoms with E-state index >= 15 is 0 Å². The van der Waals surface area contributed by atoms with Gasteiger partial charge in [-0.15, -0.1) is 0 Å². The monoisotopic (exact) mass is 334 g/mol. The third kappa shape index (κ3) is 3.36. The number of benzene rings is 2. The molecule has 0 aliphatic carbocycles. The van der Waals surface area contributed by atoms with E-state index in [9.17, 15) is 15.0 Å². The molecule has 0 radical (unpaired) electrons. The molecule has 5 nitrogen and oxygen atoms in total. The molecule has 0 aliphatic rings. The normalized spacial score (nSPS) is 10.7. The van der Waals surface area contributed by atoms with Crippen LogP contribution in [-0.2, 0) is 0 Å². The van der Waals surface area contributed by atoms with Crippen LogP contribution < -0.4 is 5.43 Å². The molecule has 2 rings (SSSR count). The summed E-state index contributed by atoms with van der Waals surface area (Å²) in [6, 6.07) is 11.1. The Morgan fingerprint density at radius 2 is 1.90 bits per heavy atom. The van der Waals surface area contributed by atoms with Gasteiger partial charge < -0.3 is 10.2 Å². The minimum Gasteiger partial charge on any atom is -0.507 e. The maximum Gasteiger partial charge on any atom is 0.275 e. The Kier molecular flexibility index (Phi) is 4.37. The van der Waals surface area contributed by atoms with E-state index in [0.717, 1.165) is 0 Å². The Hall–Kier alpha value is -2.34. The summed E-state index contributed by atoms with van der Waals surface area (Å²) in [6.45, 7) is 0. The Labute approximate surface area is 123 Å². The standard InChI is InChI=1S/C14H11BrN2O3/c15-10-5-6-13(19)11(7-10)14(20)17-16-8-9-3-1-2-4-12(9)18/h1-8,18-19H,(H,17,20)/b16-8-. The van der Waals surface area contributed by atoms with Gasteiger partial charge in [-0.05, 0) is 30.3 Å². The van der Waals surface area contributed by atoms with Gasteiger partial charge in [0, 0.05) is 10.0 Å². The highest BCUT2D eigenvalue weighted by molar-refractivity contribution is 9.10. The second kappa shape index (κ2) is 6.21. The Balaban J connectivity index is 2.09. The number of rotatable bonds is 3. The average molecular weight is 335 g/mol. The Bertz CT molecular complexity index is 671. The summed E-state index contributed by atoms with van der Waals surface area (Å²) in [5.41, 5.74) is 2.86. The van der Waals surface area contributed by atoms with Gasteiger partial charge in [0.05, 0.1) is 11.8 Å². The van der Waals surface area contributed by atoms with Gasteiger partial charge >= 0.3 is 0 Å². The molecule has 1 amide bonds. The zero-order valence-electron chi connectivity index (χ0n) is 10.2. The fourth-order valence-electron chi connectivity index (χ4n) is 1.51. The fraction of sp³-hybridized carbons (Fsp3) is 0. The van der Waals surface area contributed by atoms with Crippen molar-refractivity contribution in [2.45, 2.75) is 0 Å².